The van der Waals surface area contributed by atoms with Crippen molar-refractivity contribution in [3.8, 4) is 0 Å². The summed E-state index contributed by atoms with van der Waals surface area (Å²) in [7, 11) is 0. The van der Waals surface area contributed by atoms with Gasteiger partial charge in [-0.2, -0.15) is 0 Å². The lowest BCUT2D eigenvalue weighted by Crippen LogP contribution is -2.14. The molecule has 2 N–H and O–H groups in total. The van der Waals surface area contributed by atoms with E-state index in [4.69, 9.17) is 4.52 Å². The zero-order valence-electron chi connectivity index (χ0n) is 12.6. The van der Waals surface area contributed by atoms with Gasteiger partial charge in [0, 0.05) is 22.7 Å². The summed E-state index contributed by atoms with van der Waals surface area (Å²) in [6, 6.07) is 7.13. The number of fused-ring (bicyclic) bond motifs is 3. The van der Waals surface area contributed by atoms with Crippen LogP contribution >= 0.6 is 0 Å². The zero-order chi connectivity index (χ0) is 16.0. The van der Waals surface area contributed by atoms with Crippen LogP contribution in [-0.4, -0.2) is 16.0 Å². The Morgan fingerprint density at radius 1 is 1.26 bits per heavy atom. The molecule has 2 aromatic heterocycles. The number of nitrogens with one attached hydrogen (secondary N) is 2. The molecule has 0 spiro atoms. The molecule has 23 heavy (non-hydrogen) atoms. The second kappa shape index (κ2) is 5.08. The van der Waals surface area contributed by atoms with Gasteiger partial charge in [-0.3, -0.25) is 9.59 Å². The minimum Gasteiger partial charge on any atom is -0.361 e. The second-order valence-corrected chi connectivity index (χ2v) is 5.80. The van der Waals surface area contributed by atoms with Crippen LogP contribution < -0.4 is 10.9 Å². The van der Waals surface area contributed by atoms with E-state index in [1.54, 1.807) is 19.1 Å². The van der Waals surface area contributed by atoms with E-state index in [0.717, 1.165) is 41.3 Å². The van der Waals surface area contributed by atoms with Crippen molar-refractivity contribution in [1.82, 2.24) is 10.1 Å². The molecule has 0 saturated carbocycles. The van der Waals surface area contributed by atoms with Gasteiger partial charge in [-0.05, 0) is 43.9 Å². The molecule has 4 rings (SSSR count). The SMILES string of the molecule is Cc1cc(C(=O)Nc2ccc3c4c(c(=O)[nH]c3c2)CCC4)no1. The number of anilines is 1. The Bertz CT molecular complexity index is 984. The molecule has 116 valence electrons. The highest BCUT2D eigenvalue weighted by atomic mass is 16.5. The van der Waals surface area contributed by atoms with Crippen LogP contribution in [0.4, 0.5) is 5.69 Å². The van der Waals surface area contributed by atoms with Crippen molar-refractivity contribution in [3.05, 3.63) is 57.2 Å². The number of aromatic nitrogens is 2. The molecule has 0 unspecified atom stereocenters. The molecule has 6 nitrogen and oxygen atoms in total. The third kappa shape index (κ3) is 2.32. The Labute approximate surface area is 131 Å². The largest absolute Gasteiger partial charge is 0.361 e. The number of amides is 1. The minimum atomic E-state index is -0.343. The second-order valence-electron chi connectivity index (χ2n) is 5.80. The molecule has 1 amide bonds. The van der Waals surface area contributed by atoms with Crippen LogP contribution in [0.5, 0.6) is 0 Å². The van der Waals surface area contributed by atoms with E-state index < -0.39 is 0 Å². The number of hydrogen-bond acceptors (Lipinski definition) is 4. The molecule has 2 heterocycles. The highest BCUT2D eigenvalue weighted by molar-refractivity contribution is 6.03. The summed E-state index contributed by atoms with van der Waals surface area (Å²) >= 11 is 0. The van der Waals surface area contributed by atoms with Crippen molar-refractivity contribution < 1.29 is 9.32 Å². The normalized spacial score (nSPS) is 13.3. The molecule has 0 aliphatic heterocycles. The highest BCUT2D eigenvalue weighted by Crippen LogP contribution is 2.27. The molecule has 0 saturated heterocycles. The van der Waals surface area contributed by atoms with Gasteiger partial charge in [-0.25, -0.2) is 0 Å². The van der Waals surface area contributed by atoms with Gasteiger partial charge in [-0.1, -0.05) is 11.2 Å². The fourth-order valence-corrected chi connectivity index (χ4v) is 3.15. The minimum absolute atomic E-state index is 0.0272. The van der Waals surface area contributed by atoms with E-state index >= 15 is 0 Å². The summed E-state index contributed by atoms with van der Waals surface area (Å²) in [4.78, 5) is 27.1. The Morgan fingerprint density at radius 3 is 2.87 bits per heavy atom. The number of pyridine rings is 1. The van der Waals surface area contributed by atoms with E-state index in [1.165, 1.54) is 0 Å². The summed E-state index contributed by atoms with van der Waals surface area (Å²) in [6.07, 6.45) is 2.78. The first-order valence-corrected chi connectivity index (χ1v) is 7.54. The molecule has 0 radical (unpaired) electrons. The van der Waals surface area contributed by atoms with E-state index in [9.17, 15) is 9.59 Å². The number of H-pyrrole nitrogens is 1. The van der Waals surface area contributed by atoms with Gasteiger partial charge in [-0.15, -0.1) is 0 Å². The van der Waals surface area contributed by atoms with Crippen LogP contribution in [0.15, 0.2) is 33.6 Å². The summed E-state index contributed by atoms with van der Waals surface area (Å²) in [6.45, 7) is 1.73. The number of carbonyl (C=O) groups is 1. The smallest absolute Gasteiger partial charge is 0.277 e. The van der Waals surface area contributed by atoms with E-state index in [1.807, 2.05) is 12.1 Å². The van der Waals surface area contributed by atoms with Crippen molar-refractivity contribution in [1.29, 1.82) is 0 Å². The maximum absolute atomic E-state index is 12.1. The maximum Gasteiger partial charge on any atom is 0.277 e. The molecule has 1 aliphatic rings. The van der Waals surface area contributed by atoms with E-state index in [2.05, 4.69) is 15.5 Å². The molecule has 0 fully saturated rings. The number of rotatable bonds is 2. The van der Waals surface area contributed by atoms with Crippen LogP contribution in [-0.2, 0) is 12.8 Å². The van der Waals surface area contributed by atoms with Gasteiger partial charge in [0.05, 0.1) is 5.52 Å². The fraction of sp³-hybridized carbons (Fsp3) is 0.235. The molecule has 6 heteroatoms. The first kappa shape index (κ1) is 13.8. The maximum atomic E-state index is 12.1. The lowest BCUT2D eigenvalue weighted by molar-refractivity contribution is 0.101. The molecule has 0 bridgehead atoms. The van der Waals surface area contributed by atoms with Crippen LogP contribution in [0.3, 0.4) is 0 Å². The Morgan fingerprint density at radius 2 is 2.09 bits per heavy atom. The molecule has 1 aliphatic carbocycles. The molecule has 3 aromatic rings. The lowest BCUT2D eigenvalue weighted by Gasteiger charge is -2.08. The summed E-state index contributed by atoms with van der Waals surface area (Å²) < 4.78 is 4.90. The predicted molar refractivity (Wildman–Crippen MR) is 85.8 cm³/mol. The summed E-state index contributed by atoms with van der Waals surface area (Å²) in [5.74, 6) is 0.235. The van der Waals surface area contributed by atoms with Gasteiger partial charge in [0.25, 0.3) is 11.5 Å². The summed E-state index contributed by atoms with van der Waals surface area (Å²) in [5.41, 5.74) is 3.58. The van der Waals surface area contributed by atoms with Crippen molar-refractivity contribution in [3.63, 3.8) is 0 Å². The number of hydrogen-bond donors (Lipinski definition) is 2. The number of aryl methyl sites for hydroxylation is 2. The van der Waals surface area contributed by atoms with Gasteiger partial charge in [0.2, 0.25) is 0 Å². The Kier molecular flexibility index (Phi) is 3.04. The third-order valence-corrected chi connectivity index (χ3v) is 4.20. The molecular formula is C17H15N3O3. The first-order chi connectivity index (χ1) is 11.1. The van der Waals surface area contributed by atoms with Gasteiger partial charge in [0.15, 0.2) is 5.69 Å². The lowest BCUT2D eigenvalue weighted by atomic mass is 10.1. The van der Waals surface area contributed by atoms with Crippen molar-refractivity contribution in [2.75, 3.05) is 5.32 Å². The molecule has 0 atom stereocenters. The average Bonchev–Trinajstić information content (AvgIpc) is 3.16. The number of nitrogens with zero attached hydrogens (tertiary/aromatic N) is 1. The van der Waals surface area contributed by atoms with Crippen LogP contribution in [0.1, 0.15) is 33.8 Å². The average molecular weight is 309 g/mol. The number of carbonyl (C=O) groups excluding carboxylic acids is 1. The van der Waals surface area contributed by atoms with Crippen LogP contribution in [0.25, 0.3) is 10.9 Å². The van der Waals surface area contributed by atoms with Crippen LogP contribution in [0, 0.1) is 6.92 Å². The van der Waals surface area contributed by atoms with E-state index in [0.29, 0.717) is 11.4 Å². The van der Waals surface area contributed by atoms with Gasteiger partial charge >= 0.3 is 0 Å². The van der Waals surface area contributed by atoms with Gasteiger partial charge in [0.1, 0.15) is 5.76 Å². The first-order valence-electron chi connectivity index (χ1n) is 7.54. The van der Waals surface area contributed by atoms with Gasteiger partial charge < -0.3 is 14.8 Å². The van der Waals surface area contributed by atoms with E-state index in [-0.39, 0.29) is 17.2 Å². The number of aromatic amines is 1. The monoisotopic (exact) mass is 309 g/mol. The fourth-order valence-electron chi connectivity index (χ4n) is 3.15. The van der Waals surface area contributed by atoms with Crippen molar-refractivity contribution in [2.24, 2.45) is 0 Å². The predicted octanol–water partition coefficient (Wildman–Crippen LogP) is 2.57. The van der Waals surface area contributed by atoms with Crippen molar-refractivity contribution >= 4 is 22.5 Å². The third-order valence-electron chi connectivity index (χ3n) is 4.20. The quantitative estimate of drug-likeness (QED) is 0.761. The van der Waals surface area contributed by atoms with Crippen LogP contribution in [0.2, 0.25) is 0 Å². The summed E-state index contributed by atoms with van der Waals surface area (Å²) in [5, 5.41) is 7.51. The highest BCUT2D eigenvalue weighted by Gasteiger charge is 2.18. The Hall–Kier alpha value is -2.89. The zero-order valence-corrected chi connectivity index (χ0v) is 12.6. The molecular weight excluding hydrogens is 294 g/mol. The molecule has 1 aromatic carbocycles. The standard InChI is InChI=1S/C17H15N3O3/c1-9-7-15(20-23-9)17(22)18-10-5-6-12-11-3-2-4-13(11)16(21)19-14(12)8-10/h5-8H,2-4H2,1H3,(H,18,22)(H,19,21). The van der Waals surface area contributed by atoms with Crippen molar-refractivity contribution in [2.45, 2.75) is 26.2 Å². The Balaban J connectivity index is 1.71. The number of benzene rings is 1. The topological polar surface area (TPSA) is 88.0 Å².